The van der Waals surface area contributed by atoms with Crippen LogP contribution in [0.3, 0.4) is 0 Å². The first-order chi connectivity index (χ1) is 9.26. The Hall–Kier alpha value is -1.75. The van der Waals surface area contributed by atoms with Gasteiger partial charge in [0.15, 0.2) is 0 Å². The minimum atomic E-state index is -0.174. The lowest BCUT2D eigenvalue weighted by Crippen LogP contribution is -2.33. The van der Waals surface area contributed by atoms with E-state index in [1.807, 2.05) is 0 Å². The smallest absolute Gasteiger partial charge is 0.258 e. The summed E-state index contributed by atoms with van der Waals surface area (Å²) in [6.45, 7) is 1.38. The maximum Gasteiger partial charge on any atom is 0.258 e. The first kappa shape index (κ1) is 13.7. The molecule has 104 valence electrons. The fourth-order valence-corrected chi connectivity index (χ4v) is 1.90. The van der Waals surface area contributed by atoms with Crippen LogP contribution in [0.1, 0.15) is 23.2 Å². The van der Waals surface area contributed by atoms with Gasteiger partial charge in [-0.1, -0.05) is 6.07 Å². The van der Waals surface area contributed by atoms with Crippen molar-refractivity contribution in [3.05, 3.63) is 23.8 Å². The summed E-state index contributed by atoms with van der Waals surface area (Å²) in [7, 11) is 3.08. The Kier molecular flexibility index (Phi) is 4.63. The zero-order valence-corrected chi connectivity index (χ0v) is 11.4. The number of methoxy groups -OCH3 is 2. The summed E-state index contributed by atoms with van der Waals surface area (Å²) in [4.78, 5) is 12.2. The molecule has 0 saturated heterocycles. The molecule has 2 rings (SSSR count). The predicted molar refractivity (Wildman–Crippen MR) is 72.9 cm³/mol. The molecule has 2 N–H and O–H groups in total. The Morgan fingerprint density at radius 2 is 1.84 bits per heavy atom. The van der Waals surface area contributed by atoms with E-state index in [1.54, 1.807) is 32.4 Å². The topological polar surface area (TPSA) is 59.6 Å². The van der Waals surface area contributed by atoms with Gasteiger partial charge in [0, 0.05) is 19.1 Å². The van der Waals surface area contributed by atoms with Crippen LogP contribution in [0.4, 0.5) is 0 Å². The molecule has 1 aliphatic carbocycles. The SMILES string of the molecule is COc1cccc(OC)c1C(=O)NCCNC1CC1. The average molecular weight is 264 g/mol. The van der Waals surface area contributed by atoms with Gasteiger partial charge in [0.05, 0.1) is 14.2 Å². The van der Waals surface area contributed by atoms with Crippen molar-refractivity contribution in [1.29, 1.82) is 0 Å². The molecule has 0 heterocycles. The van der Waals surface area contributed by atoms with Crippen molar-refractivity contribution in [2.45, 2.75) is 18.9 Å². The van der Waals surface area contributed by atoms with Crippen LogP contribution in [0.15, 0.2) is 18.2 Å². The zero-order valence-electron chi connectivity index (χ0n) is 11.4. The van der Waals surface area contributed by atoms with E-state index in [4.69, 9.17) is 9.47 Å². The van der Waals surface area contributed by atoms with E-state index < -0.39 is 0 Å². The fourth-order valence-electron chi connectivity index (χ4n) is 1.90. The fraction of sp³-hybridized carbons (Fsp3) is 0.500. The number of carbonyl (C=O) groups excluding carboxylic acids is 1. The number of rotatable bonds is 7. The Morgan fingerprint density at radius 3 is 2.37 bits per heavy atom. The number of hydrogen-bond donors (Lipinski definition) is 2. The van der Waals surface area contributed by atoms with Gasteiger partial charge in [-0.3, -0.25) is 4.79 Å². The standard InChI is InChI=1S/C14H20N2O3/c1-18-11-4-3-5-12(19-2)13(11)14(17)16-9-8-15-10-6-7-10/h3-5,10,15H,6-9H2,1-2H3,(H,16,17). The van der Waals surface area contributed by atoms with Crippen molar-refractivity contribution < 1.29 is 14.3 Å². The van der Waals surface area contributed by atoms with Gasteiger partial charge in [0.2, 0.25) is 0 Å². The highest BCUT2D eigenvalue weighted by Crippen LogP contribution is 2.27. The number of carbonyl (C=O) groups is 1. The van der Waals surface area contributed by atoms with Crippen molar-refractivity contribution in [3.63, 3.8) is 0 Å². The van der Waals surface area contributed by atoms with Crippen LogP contribution in [-0.4, -0.2) is 39.3 Å². The molecule has 0 bridgehead atoms. The van der Waals surface area contributed by atoms with Gasteiger partial charge in [-0.25, -0.2) is 0 Å². The number of nitrogens with one attached hydrogen (secondary N) is 2. The van der Waals surface area contributed by atoms with Gasteiger partial charge in [-0.2, -0.15) is 0 Å². The molecule has 0 atom stereocenters. The van der Waals surface area contributed by atoms with E-state index >= 15 is 0 Å². The lowest BCUT2D eigenvalue weighted by atomic mass is 10.1. The van der Waals surface area contributed by atoms with Crippen molar-refractivity contribution in [2.75, 3.05) is 27.3 Å². The molecule has 1 amide bonds. The van der Waals surface area contributed by atoms with Crippen LogP contribution in [0.5, 0.6) is 11.5 Å². The van der Waals surface area contributed by atoms with Crippen molar-refractivity contribution >= 4 is 5.91 Å². The number of amides is 1. The lowest BCUT2D eigenvalue weighted by Gasteiger charge is -2.13. The number of benzene rings is 1. The number of hydrogen-bond acceptors (Lipinski definition) is 4. The summed E-state index contributed by atoms with van der Waals surface area (Å²) >= 11 is 0. The van der Waals surface area contributed by atoms with Gasteiger partial charge >= 0.3 is 0 Å². The summed E-state index contributed by atoms with van der Waals surface area (Å²) < 4.78 is 10.4. The minimum Gasteiger partial charge on any atom is -0.496 e. The molecule has 1 saturated carbocycles. The van der Waals surface area contributed by atoms with Gasteiger partial charge in [0.1, 0.15) is 17.1 Å². The van der Waals surface area contributed by atoms with E-state index in [0.717, 1.165) is 6.54 Å². The first-order valence-electron chi connectivity index (χ1n) is 6.49. The van der Waals surface area contributed by atoms with Crippen LogP contribution in [0.2, 0.25) is 0 Å². The van der Waals surface area contributed by atoms with Crippen LogP contribution >= 0.6 is 0 Å². The third kappa shape index (κ3) is 3.61. The van der Waals surface area contributed by atoms with Crippen LogP contribution in [-0.2, 0) is 0 Å². The number of ether oxygens (including phenoxy) is 2. The normalized spacial score (nSPS) is 14.0. The van der Waals surface area contributed by atoms with Gasteiger partial charge < -0.3 is 20.1 Å². The molecule has 5 nitrogen and oxygen atoms in total. The molecule has 0 aliphatic heterocycles. The summed E-state index contributed by atoms with van der Waals surface area (Å²) in [5.74, 6) is 0.867. The summed E-state index contributed by atoms with van der Waals surface area (Å²) in [6, 6.07) is 5.95. The molecule has 1 fully saturated rings. The Balaban J connectivity index is 1.95. The molecule has 0 spiro atoms. The van der Waals surface area contributed by atoms with Crippen LogP contribution in [0.25, 0.3) is 0 Å². The van der Waals surface area contributed by atoms with Crippen molar-refractivity contribution in [3.8, 4) is 11.5 Å². The highest BCUT2D eigenvalue weighted by atomic mass is 16.5. The second-order valence-corrected chi connectivity index (χ2v) is 4.52. The largest absolute Gasteiger partial charge is 0.496 e. The Labute approximate surface area is 113 Å². The summed E-state index contributed by atoms with van der Waals surface area (Å²) in [5, 5.41) is 6.21. The quantitative estimate of drug-likeness (QED) is 0.726. The maximum absolute atomic E-state index is 12.2. The van der Waals surface area contributed by atoms with Crippen LogP contribution < -0.4 is 20.1 Å². The van der Waals surface area contributed by atoms with E-state index in [9.17, 15) is 4.79 Å². The zero-order chi connectivity index (χ0) is 13.7. The second-order valence-electron chi connectivity index (χ2n) is 4.52. The van der Waals surface area contributed by atoms with E-state index in [2.05, 4.69) is 10.6 Å². The van der Waals surface area contributed by atoms with Crippen LogP contribution in [0, 0.1) is 0 Å². The average Bonchev–Trinajstić information content (AvgIpc) is 3.26. The Morgan fingerprint density at radius 1 is 1.21 bits per heavy atom. The third-order valence-electron chi connectivity index (χ3n) is 3.08. The molecule has 19 heavy (non-hydrogen) atoms. The van der Waals surface area contributed by atoms with Gasteiger partial charge in [-0.05, 0) is 25.0 Å². The molecule has 1 aromatic carbocycles. The summed E-state index contributed by atoms with van der Waals surface area (Å²) in [6.07, 6.45) is 2.49. The molecular formula is C14H20N2O3. The molecule has 0 unspecified atom stereocenters. The molecule has 1 aromatic rings. The minimum absolute atomic E-state index is 0.174. The van der Waals surface area contributed by atoms with E-state index in [-0.39, 0.29) is 5.91 Å². The Bertz CT molecular complexity index is 422. The predicted octanol–water partition coefficient (Wildman–Crippen LogP) is 1.19. The second kappa shape index (κ2) is 6.43. The molecule has 5 heteroatoms. The van der Waals surface area contributed by atoms with Gasteiger partial charge in [0.25, 0.3) is 5.91 Å². The first-order valence-corrected chi connectivity index (χ1v) is 6.49. The van der Waals surface area contributed by atoms with Gasteiger partial charge in [-0.15, -0.1) is 0 Å². The third-order valence-corrected chi connectivity index (χ3v) is 3.08. The molecular weight excluding hydrogens is 244 g/mol. The van der Waals surface area contributed by atoms with Crippen molar-refractivity contribution in [1.82, 2.24) is 10.6 Å². The molecule has 1 aliphatic rings. The lowest BCUT2D eigenvalue weighted by molar-refractivity contribution is 0.0947. The summed E-state index contributed by atoms with van der Waals surface area (Å²) in [5.41, 5.74) is 0.443. The maximum atomic E-state index is 12.2. The molecule has 0 radical (unpaired) electrons. The highest BCUT2D eigenvalue weighted by molar-refractivity contribution is 5.99. The molecule has 0 aromatic heterocycles. The monoisotopic (exact) mass is 264 g/mol. The highest BCUT2D eigenvalue weighted by Gasteiger charge is 2.20. The van der Waals surface area contributed by atoms with Crippen molar-refractivity contribution in [2.24, 2.45) is 0 Å². The van der Waals surface area contributed by atoms with E-state index in [1.165, 1.54) is 12.8 Å². The van der Waals surface area contributed by atoms with E-state index in [0.29, 0.717) is 29.6 Å².